The van der Waals surface area contributed by atoms with Crippen molar-refractivity contribution in [1.82, 2.24) is 0 Å². The highest BCUT2D eigenvalue weighted by Gasteiger charge is 2.53. The van der Waals surface area contributed by atoms with Crippen molar-refractivity contribution < 1.29 is 14.3 Å². The molecule has 0 N–H and O–H groups in total. The average Bonchev–Trinajstić information content (AvgIpc) is 3.55. The van der Waals surface area contributed by atoms with Gasteiger partial charge in [0.1, 0.15) is 11.5 Å². The molecule has 3 aromatic carbocycles. The van der Waals surface area contributed by atoms with Crippen LogP contribution in [-0.2, 0) is 16.8 Å². The highest BCUT2D eigenvalue weighted by atomic mass is 16.6. The van der Waals surface area contributed by atoms with Gasteiger partial charge in [0.05, 0.1) is 5.56 Å². The van der Waals surface area contributed by atoms with Crippen LogP contribution in [0.1, 0.15) is 96.5 Å². The molecule has 3 aliphatic rings. The number of esters is 1. The van der Waals surface area contributed by atoms with Gasteiger partial charge in [-0.3, -0.25) is 0 Å². The second-order valence-electron chi connectivity index (χ2n) is 10.9. The third-order valence-corrected chi connectivity index (χ3v) is 8.42. The summed E-state index contributed by atoms with van der Waals surface area (Å²) in [7, 11) is 0. The zero-order valence-corrected chi connectivity index (χ0v) is 22.1. The molecule has 0 amide bonds. The molecule has 1 spiro atoms. The Morgan fingerprint density at radius 1 is 0.838 bits per heavy atom. The van der Waals surface area contributed by atoms with Crippen molar-refractivity contribution in [3.05, 3.63) is 88.0 Å². The Morgan fingerprint density at radius 3 is 2.43 bits per heavy atom. The van der Waals surface area contributed by atoms with E-state index in [0.29, 0.717) is 5.56 Å². The summed E-state index contributed by atoms with van der Waals surface area (Å²) in [5.74, 6) is 1.31. The standard InChI is InChI=1S/C33H37NO3/c1-3-4-5-6-7-8-13-24-21-29-30(20-23(24)2)36-31-22-25(34-18-11-12-19-34)16-17-28(31)33(29)27-15-10-9-14-26(27)32(35)37-33/h9-10,14-17,20-22H,3-8,11-13,18-19H2,1-2H3. The van der Waals surface area contributed by atoms with Crippen molar-refractivity contribution in [3.8, 4) is 11.5 Å². The first-order valence-electron chi connectivity index (χ1n) is 14.2. The van der Waals surface area contributed by atoms with Gasteiger partial charge in [0.2, 0.25) is 0 Å². The van der Waals surface area contributed by atoms with Crippen molar-refractivity contribution >= 4 is 11.7 Å². The van der Waals surface area contributed by atoms with Crippen LogP contribution in [0, 0.1) is 6.92 Å². The molecule has 0 aliphatic carbocycles. The third kappa shape index (κ3) is 4.11. The molecule has 1 fully saturated rings. The van der Waals surface area contributed by atoms with E-state index in [0.717, 1.165) is 47.7 Å². The van der Waals surface area contributed by atoms with Crippen LogP contribution in [0.2, 0.25) is 0 Å². The van der Waals surface area contributed by atoms with E-state index in [-0.39, 0.29) is 5.97 Å². The highest BCUT2D eigenvalue weighted by molar-refractivity contribution is 5.97. The maximum Gasteiger partial charge on any atom is 0.340 e. The number of carbonyl (C=O) groups excluding carboxylic acids is 1. The zero-order valence-electron chi connectivity index (χ0n) is 22.1. The van der Waals surface area contributed by atoms with Crippen LogP contribution < -0.4 is 9.64 Å². The van der Waals surface area contributed by atoms with Crippen LogP contribution in [0.4, 0.5) is 5.69 Å². The molecule has 6 rings (SSSR count). The molecule has 37 heavy (non-hydrogen) atoms. The molecule has 0 aromatic heterocycles. The predicted octanol–water partition coefficient (Wildman–Crippen LogP) is 8.07. The van der Waals surface area contributed by atoms with Crippen molar-refractivity contribution in [2.75, 3.05) is 18.0 Å². The predicted molar refractivity (Wildman–Crippen MR) is 148 cm³/mol. The van der Waals surface area contributed by atoms with Gasteiger partial charge in [-0.15, -0.1) is 0 Å². The minimum Gasteiger partial charge on any atom is -0.456 e. The topological polar surface area (TPSA) is 38.8 Å². The molecule has 0 saturated carbocycles. The molecule has 3 aromatic rings. The van der Waals surface area contributed by atoms with Crippen molar-refractivity contribution in [2.24, 2.45) is 0 Å². The van der Waals surface area contributed by atoms with E-state index in [9.17, 15) is 4.79 Å². The van der Waals surface area contributed by atoms with Gasteiger partial charge in [0, 0.05) is 41.5 Å². The first-order chi connectivity index (χ1) is 18.1. The average molecular weight is 496 g/mol. The molecule has 1 saturated heterocycles. The fourth-order valence-electron chi connectivity index (χ4n) is 6.39. The summed E-state index contributed by atoms with van der Waals surface area (Å²) in [5.41, 5.74) is 6.15. The van der Waals surface area contributed by atoms with E-state index < -0.39 is 5.60 Å². The van der Waals surface area contributed by atoms with E-state index in [1.165, 1.54) is 68.2 Å². The Bertz CT molecular complexity index is 1320. The Balaban J connectivity index is 1.43. The van der Waals surface area contributed by atoms with Crippen LogP contribution in [0.25, 0.3) is 0 Å². The number of fused-ring (bicyclic) bond motifs is 6. The Hall–Kier alpha value is -3.27. The number of ether oxygens (including phenoxy) is 2. The third-order valence-electron chi connectivity index (χ3n) is 8.42. The molecule has 1 unspecified atom stereocenters. The summed E-state index contributed by atoms with van der Waals surface area (Å²) >= 11 is 0. The summed E-state index contributed by atoms with van der Waals surface area (Å²) in [5, 5.41) is 0. The van der Waals surface area contributed by atoms with Crippen LogP contribution in [0.15, 0.2) is 54.6 Å². The normalized spacial score (nSPS) is 19.4. The molecule has 4 nitrogen and oxygen atoms in total. The summed E-state index contributed by atoms with van der Waals surface area (Å²) in [6.07, 6.45) is 11.1. The summed E-state index contributed by atoms with van der Waals surface area (Å²) in [4.78, 5) is 15.6. The lowest BCUT2D eigenvalue weighted by atomic mass is 9.76. The first-order valence-corrected chi connectivity index (χ1v) is 14.2. The maximum atomic E-state index is 13.2. The Kier molecular flexibility index (Phi) is 6.44. The van der Waals surface area contributed by atoms with Gasteiger partial charge in [-0.25, -0.2) is 4.79 Å². The van der Waals surface area contributed by atoms with E-state index in [1.54, 1.807) is 0 Å². The molecule has 0 radical (unpaired) electrons. The van der Waals surface area contributed by atoms with Gasteiger partial charge in [-0.05, 0) is 74.1 Å². The van der Waals surface area contributed by atoms with Crippen LogP contribution >= 0.6 is 0 Å². The fraction of sp³-hybridized carbons (Fsp3) is 0.424. The van der Waals surface area contributed by atoms with Gasteiger partial charge in [0.25, 0.3) is 0 Å². The number of unbranched alkanes of at least 4 members (excludes halogenated alkanes) is 5. The summed E-state index contributed by atoms with van der Waals surface area (Å²) in [6, 6.07) is 18.7. The van der Waals surface area contributed by atoms with E-state index in [2.05, 4.69) is 49.1 Å². The Morgan fingerprint density at radius 2 is 1.59 bits per heavy atom. The van der Waals surface area contributed by atoms with Gasteiger partial charge in [0.15, 0.2) is 5.60 Å². The molecule has 192 valence electrons. The molecular weight excluding hydrogens is 458 g/mol. The lowest BCUT2D eigenvalue weighted by Gasteiger charge is -2.37. The maximum absolute atomic E-state index is 13.2. The molecule has 3 heterocycles. The smallest absolute Gasteiger partial charge is 0.340 e. The van der Waals surface area contributed by atoms with Crippen LogP contribution in [0.3, 0.4) is 0 Å². The van der Waals surface area contributed by atoms with Crippen molar-refractivity contribution in [2.45, 2.75) is 77.2 Å². The van der Waals surface area contributed by atoms with E-state index >= 15 is 0 Å². The number of benzene rings is 3. The van der Waals surface area contributed by atoms with Crippen LogP contribution in [0.5, 0.6) is 11.5 Å². The molecule has 0 bridgehead atoms. The number of nitrogens with zero attached hydrogens (tertiary/aromatic N) is 1. The number of hydrogen-bond acceptors (Lipinski definition) is 4. The van der Waals surface area contributed by atoms with Gasteiger partial charge >= 0.3 is 5.97 Å². The van der Waals surface area contributed by atoms with E-state index in [1.807, 2.05) is 24.3 Å². The molecular formula is C33H37NO3. The SMILES string of the molecule is CCCCCCCCc1cc2c(cc1C)Oc1cc(N3CCCC3)ccc1C21OC(=O)c2ccccc21. The minimum absolute atomic E-state index is 0.268. The van der Waals surface area contributed by atoms with Gasteiger partial charge < -0.3 is 14.4 Å². The number of aryl methyl sites for hydroxylation is 2. The number of anilines is 1. The quantitative estimate of drug-likeness (QED) is 0.234. The number of hydrogen-bond donors (Lipinski definition) is 0. The molecule has 3 aliphatic heterocycles. The molecule has 1 atom stereocenters. The lowest BCUT2D eigenvalue weighted by molar-refractivity contribution is 0.0224. The van der Waals surface area contributed by atoms with Crippen molar-refractivity contribution in [1.29, 1.82) is 0 Å². The zero-order chi connectivity index (χ0) is 25.4. The highest BCUT2D eigenvalue weighted by Crippen LogP contribution is 2.57. The van der Waals surface area contributed by atoms with E-state index in [4.69, 9.17) is 9.47 Å². The van der Waals surface area contributed by atoms with Gasteiger partial charge in [-0.2, -0.15) is 0 Å². The Labute approximate surface area is 220 Å². The molecule has 4 heteroatoms. The monoisotopic (exact) mass is 495 g/mol. The largest absolute Gasteiger partial charge is 0.456 e. The summed E-state index contributed by atoms with van der Waals surface area (Å²) in [6.45, 7) is 6.57. The van der Waals surface area contributed by atoms with Crippen LogP contribution in [-0.4, -0.2) is 19.1 Å². The second kappa shape index (κ2) is 9.89. The fourth-order valence-corrected chi connectivity index (χ4v) is 6.39. The van der Waals surface area contributed by atoms with Gasteiger partial charge in [-0.1, -0.05) is 57.2 Å². The summed E-state index contributed by atoms with van der Waals surface area (Å²) < 4.78 is 13.0. The minimum atomic E-state index is -0.982. The lowest BCUT2D eigenvalue weighted by Crippen LogP contribution is -2.33. The number of carbonyl (C=O) groups is 1. The second-order valence-corrected chi connectivity index (χ2v) is 10.9. The van der Waals surface area contributed by atoms with Crippen molar-refractivity contribution in [3.63, 3.8) is 0 Å². The first kappa shape index (κ1) is 24.1. The number of rotatable bonds is 8.